The lowest BCUT2D eigenvalue weighted by Crippen LogP contribution is -2.16. The van der Waals surface area contributed by atoms with Gasteiger partial charge in [0.1, 0.15) is 9.88 Å². The fraction of sp³-hybridized carbons (Fsp3) is 0.200. The number of methoxy groups -OCH3 is 1. The van der Waals surface area contributed by atoms with Gasteiger partial charge in [0, 0.05) is 15.0 Å². The molecule has 5 rings (SSSR count). The van der Waals surface area contributed by atoms with E-state index < -0.39 is 5.97 Å². The predicted octanol–water partition coefficient (Wildman–Crippen LogP) is 6.93. The van der Waals surface area contributed by atoms with Gasteiger partial charge in [-0.1, -0.05) is 60.1 Å². The zero-order valence-corrected chi connectivity index (χ0v) is 19.7. The normalized spacial score (nSPS) is 15.4. The molecule has 0 saturated heterocycles. The molecule has 7 heteroatoms. The van der Waals surface area contributed by atoms with Crippen molar-refractivity contribution < 1.29 is 14.3 Å². The molecule has 1 aliphatic rings. The van der Waals surface area contributed by atoms with Crippen LogP contribution in [0, 0.1) is 0 Å². The Labute approximate surface area is 198 Å². The van der Waals surface area contributed by atoms with E-state index in [1.54, 1.807) is 0 Å². The number of nitrogens with one attached hydrogen (secondary N) is 1. The lowest BCUT2D eigenvalue weighted by Gasteiger charge is -2.22. The first-order valence-corrected chi connectivity index (χ1v) is 12.3. The van der Waals surface area contributed by atoms with Crippen molar-refractivity contribution in [1.29, 1.82) is 0 Å². The Morgan fingerprint density at radius 3 is 2.56 bits per heavy atom. The zero-order chi connectivity index (χ0) is 22.2. The summed E-state index contributed by atoms with van der Waals surface area (Å²) in [5.41, 5.74) is 2.77. The summed E-state index contributed by atoms with van der Waals surface area (Å²) in [4.78, 5) is 27.4. The summed E-state index contributed by atoms with van der Waals surface area (Å²) in [7, 11) is 1.37. The van der Waals surface area contributed by atoms with Crippen LogP contribution in [-0.2, 0) is 17.6 Å². The molecule has 2 heterocycles. The summed E-state index contributed by atoms with van der Waals surface area (Å²) < 4.78 is 6.02. The van der Waals surface area contributed by atoms with Gasteiger partial charge in [0.25, 0.3) is 5.91 Å². The van der Waals surface area contributed by atoms with Gasteiger partial charge < -0.3 is 10.1 Å². The first-order valence-electron chi connectivity index (χ1n) is 10.3. The third kappa shape index (κ3) is 3.72. The van der Waals surface area contributed by atoms with E-state index in [9.17, 15) is 9.59 Å². The van der Waals surface area contributed by atoms with Crippen LogP contribution in [0.5, 0.6) is 0 Å². The molecule has 1 aliphatic carbocycles. The highest BCUT2D eigenvalue weighted by atomic mass is 35.5. The number of anilines is 1. The summed E-state index contributed by atoms with van der Waals surface area (Å²) in [6.45, 7) is 0. The number of amides is 1. The minimum absolute atomic E-state index is 0.306. The van der Waals surface area contributed by atoms with E-state index in [1.807, 2.05) is 30.3 Å². The molecule has 0 aliphatic heterocycles. The fourth-order valence-electron chi connectivity index (χ4n) is 4.32. The van der Waals surface area contributed by atoms with Gasteiger partial charge in [0.2, 0.25) is 0 Å². The molecule has 0 bridgehead atoms. The van der Waals surface area contributed by atoms with Crippen molar-refractivity contribution in [3.8, 4) is 0 Å². The number of halogens is 1. The topological polar surface area (TPSA) is 55.4 Å². The molecular weight excluding hydrogens is 462 g/mol. The first kappa shape index (κ1) is 21.2. The Morgan fingerprint density at radius 2 is 1.81 bits per heavy atom. The number of carbonyl (C=O) groups is 2. The average molecular weight is 482 g/mol. The second-order valence-corrected chi connectivity index (χ2v) is 10.3. The maximum absolute atomic E-state index is 13.1. The number of hydrogen-bond acceptors (Lipinski definition) is 5. The van der Waals surface area contributed by atoms with Gasteiger partial charge in [-0.25, -0.2) is 4.79 Å². The molecule has 1 atom stereocenters. The summed E-state index contributed by atoms with van der Waals surface area (Å²) in [5.74, 6) is -0.327. The summed E-state index contributed by atoms with van der Waals surface area (Å²) in [6, 6.07) is 18.1. The third-order valence-electron chi connectivity index (χ3n) is 5.89. The van der Waals surface area contributed by atoms with Gasteiger partial charge in [-0.15, -0.1) is 22.7 Å². The van der Waals surface area contributed by atoms with Crippen molar-refractivity contribution in [3.05, 3.63) is 86.1 Å². The lowest BCUT2D eigenvalue weighted by molar-refractivity contribution is 0.0601. The number of esters is 1. The molecule has 0 fully saturated rings. The number of thiophene rings is 2. The summed E-state index contributed by atoms with van der Waals surface area (Å²) >= 11 is 9.31. The van der Waals surface area contributed by atoms with E-state index >= 15 is 0 Å². The Kier molecular flexibility index (Phi) is 5.76. The van der Waals surface area contributed by atoms with Crippen LogP contribution in [0.25, 0.3) is 10.1 Å². The molecule has 1 amide bonds. The minimum atomic E-state index is -0.418. The van der Waals surface area contributed by atoms with Crippen LogP contribution >= 0.6 is 34.3 Å². The van der Waals surface area contributed by atoms with Gasteiger partial charge in [-0.3, -0.25) is 4.79 Å². The second kappa shape index (κ2) is 8.70. The molecule has 32 heavy (non-hydrogen) atoms. The van der Waals surface area contributed by atoms with Crippen LogP contribution in [0.4, 0.5) is 5.00 Å². The fourth-order valence-corrected chi connectivity index (χ4v) is 7.04. The molecule has 2 aromatic carbocycles. The monoisotopic (exact) mass is 481 g/mol. The Hall–Kier alpha value is -2.67. The highest BCUT2D eigenvalue weighted by molar-refractivity contribution is 7.22. The quantitative estimate of drug-likeness (QED) is 0.321. The van der Waals surface area contributed by atoms with Crippen LogP contribution in [-0.4, -0.2) is 19.0 Å². The van der Waals surface area contributed by atoms with Gasteiger partial charge in [0.15, 0.2) is 0 Å². The Balaban J connectivity index is 1.48. The largest absolute Gasteiger partial charge is 0.465 e. The van der Waals surface area contributed by atoms with Crippen LogP contribution < -0.4 is 5.32 Å². The van der Waals surface area contributed by atoms with E-state index in [1.165, 1.54) is 35.3 Å². The minimum Gasteiger partial charge on any atom is -0.465 e. The van der Waals surface area contributed by atoms with E-state index in [4.69, 9.17) is 16.3 Å². The molecule has 162 valence electrons. The van der Waals surface area contributed by atoms with Gasteiger partial charge in [-0.2, -0.15) is 0 Å². The van der Waals surface area contributed by atoms with Crippen molar-refractivity contribution in [1.82, 2.24) is 0 Å². The van der Waals surface area contributed by atoms with Crippen LogP contribution in [0.3, 0.4) is 0 Å². The van der Waals surface area contributed by atoms with E-state index in [0.717, 1.165) is 39.8 Å². The second-order valence-electron chi connectivity index (χ2n) is 7.75. The first-order chi connectivity index (χ1) is 15.6. The summed E-state index contributed by atoms with van der Waals surface area (Å²) in [5, 5.41) is 4.79. The molecule has 2 aromatic heterocycles. The molecular formula is C25H20ClNO3S2. The number of carbonyl (C=O) groups excluding carboxylic acids is 2. The van der Waals surface area contributed by atoms with Crippen molar-refractivity contribution in [2.75, 3.05) is 12.4 Å². The SMILES string of the molecule is COC(=O)c1c(NC(=O)c2sc3ccccc3c2Cl)sc2c1CC[C@H](c1ccccc1)C2. The Morgan fingerprint density at radius 1 is 1.06 bits per heavy atom. The maximum atomic E-state index is 13.1. The molecule has 0 unspecified atom stereocenters. The van der Waals surface area contributed by atoms with Crippen LogP contribution in [0.15, 0.2) is 54.6 Å². The van der Waals surface area contributed by atoms with Gasteiger partial charge in [0.05, 0.1) is 17.7 Å². The maximum Gasteiger partial charge on any atom is 0.341 e. The van der Waals surface area contributed by atoms with Crippen molar-refractivity contribution >= 4 is 61.2 Å². The van der Waals surface area contributed by atoms with E-state index in [-0.39, 0.29) is 5.91 Å². The predicted molar refractivity (Wildman–Crippen MR) is 132 cm³/mol. The average Bonchev–Trinajstić information content (AvgIpc) is 3.36. The molecule has 1 N–H and O–H groups in total. The molecule has 4 nitrogen and oxygen atoms in total. The van der Waals surface area contributed by atoms with Crippen molar-refractivity contribution in [2.24, 2.45) is 0 Å². The number of benzene rings is 2. The lowest BCUT2D eigenvalue weighted by atomic mass is 9.83. The van der Waals surface area contributed by atoms with E-state index in [0.29, 0.717) is 26.4 Å². The van der Waals surface area contributed by atoms with Crippen molar-refractivity contribution in [2.45, 2.75) is 25.2 Å². The summed E-state index contributed by atoms with van der Waals surface area (Å²) in [6.07, 6.45) is 2.57. The van der Waals surface area contributed by atoms with Crippen LogP contribution in [0.1, 0.15) is 48.4 Å². The van der Waals surface area contributed by atoms with Crippen molar-refractivity contribution in [3.63, 3.8) is 0 Å². The van der Waals surface area contributed by atoms with Gasteiger partial charge >= 0.3 is 5.97 Å². The molecule has 4 aromatic rings. The van der Waals surface area contributed by atoms with Crippen LogP contribution in [0.2, 0.25) is 5.02 Å². The Bertz CT molecular complexity index is 1330. The third-order valence-corrected chi connectivity index (χ3v) is 8.74. The number of ether oxygens (including phenoxy) is 1. The van der Waals surface area contributed by atoms with Gasteiger partial charge in [-0.05, 0) is 42.4 Å². The molecule has 0 saturated carbocycles. The number of rotatable bonds is 4. The highest BCUT2D eigenvalue weighted by Gasteiger charge is 2.31. The smallest absolute Gasteiger partial charge is 0.341 e. The molecule has 0 spiro atoms. The molecule has 0 radical (unpaired) electrons. The zero-order valence-electron chi connectivity index (χ0n) is 17.3. The highest BCUT2D eigenvalue weighted by Crippen LogP contribution is 2.43. The standard InChI is InChI=1S/C25H20ClNO3S2/c1-30-25(29)20-16-12-11-15(14-7-3-2-4-8-14)13-19(16)32-24(20)27-23(28)22-21(26)17-9-5-6-10-18(17)31-22/h2-10,15H,11-13H2,1H3,(H,27,28)/t15-/m0/s1. The number of fused-ring (bicyclic) bond motifs is 2. The van der Waals surface area contributed by atoms with E-state index in [2.05, 4.69) is 29.6 Å². The number of hydrogen-bond donors (Lipinski definition) is 1.